The average molecular weight is 311 g/mol. The molecule has 1 aromatic carbocycles. The van der Waals surface area contributed by atoms with Gasteiger partial charge in [0.2, 0.25) is 0 Å². The maximum absolute atomic E-state index is 11.8. The molecular weight excluding hydrogens is 300 g/mol. The second-order valence-electron chi connectivity index (χ2n) is 3.72. The van der Waals surface area contributed by atoms with Gasteiger partial charge >= 0.3 is 0 Å². The molecule has 0 heterocycles. The summed E-state index contributed by atoms with van der Waals surface area (Å²) < 4.78 is 0. The predicted octanol–water partition coefficient (Wildman–Crippen LogP) is 1.18. The van der Waals surface area contributed by atoms with Gasteiger partial charge in [-0.3, -0.25) is 14.9 Å². The molecule has 0 bridgehead atoms. The lowest BCUT2D eigenvalue weighted by atomic mass is 10.2. The number of nitrogens with one attached hydrogen (secondary N) is 2. The van der Waals surface area contributed by atoms with Gasteiger partial charge in [-0.05, 0) is 6.07 Å². The highest BCUT2D eigenvalue weighted by Gasteiger charge is 2.14. The monoisotopic (exact) mass is 310 g/mol. The third-order valence-corrected chi connectivity index (χ3v) is 2.61. The number of aliphatic hydroxyl groups excluding tert-OH is 1. The summed E-state index contributed by atoms with van der Waals surface area (Å²) in [5.41, 5.74) is -0.471. The van der Waals surface area contributed by atoms with Crippen LogP contribution < -0.4 is 10.6 Å². The second-order valence-corrected chi connectivity index (χ2v) is 4.13. The Labute approximate surface area is 124 Å². The number of non-ortho nitro benzene ring substituents is 1. The van der Waals surface area contributed by atoms with Crippen molar-refractivity contribution >= 4 is 28.9 Å². The van der Waals surface area contributed by atoms with Crippen molar-refractivity contribution < 1.29 is 14.8 Å². The van der Waals surface area contributed by atoms with Crippen molar-refractivity contribution in [2.24, 2.45) is 0 Å². The molecule has 8 nitrogen and oxygen atoms in total. The van der Waals surface area contributed by atoms with Gasteiger partial charge in [0.15, 0.2) is 0 Å². The Morgan fingerprint density at radius 1 is 1.57 bits per heavy atom. The first-order chi connectivity index (χ1) is 9.99. The number of nitriles is 1. The number of aliphatic hydroxyl groups is 1. The molecule has 1 aromatic rings. The Balaban J connectivity index is 2.92. The summed E-state index contributed by atoms with van der Waals surface area (Å²) in [6, 6.07) is 5.23. The van der Waals surface area contributed by atoms with E-state index in [1.54, 1.807) is 6.07 Å². The van der Waals surface area contributed by atoms with E-state index in [4.69, 9.17) is 22.0 Å². The number of anilines is 1. The molecule has 0 saturated carbocycles. The fraction of sp³-hybridized carbons (Fsp3) is 0.167. The Morgan fingerprint density at radius 3 is 2.86 bits per heavy atom. The number of amides is 1. The quantitative estimate of drug-likeness (QED) is 0.238. The van der Waals surface area contributed by atoms with Gasteiger partial charge in [-0.2, -0.15) is 5.26 Å². The number of benzene rings is 1. The highest BCUT2D eigenvalue weighted by molar-refractivity contribution is 6.34. The molecular formula is C12H11ClN4O4. The van der Waals surface area contributed by atoms with Crippen LogP contribution in [-0.4, -0.2) is 29.1 Å². The van der Waals surface area contributed by atoms with Gasteiger partial charge in [-0.1, -0.05) is 11.6 Å². The van der Waals surface area contributed by atoms with E-state index in [2.05, 4.69) is 10.6 Å². The second kappa shape index (κ2) is 7.84. The van der Waals surface area contributed by atoms with Crippen LogP contribution in [0.4, 0.5) is 11.4 Å². The van der Waals surface area contributed by atoms with E-state index in [0.29, 0.717) is 0 Å². The summed E-state index contributed by atoms with van der Waals surface area (Å²) >= 11 is 5.83. The molecule has 0 aliphatic heterocycles. The molecule has 3 N–H and O–H groups in total. The van der Waals surface area contributed by atoms with Crippen molar-refractivity contribution in [3.8, 4) is 6.07 Å². The van der Waals surface area contributed by atoms with Gasteiger partial charge in [0.1, 0.15) is 11.6 Å². The zero-order chi connectivity index (χ0) is 15.8. The molecule has 0 radical (unpaired) electrons. The third kappa shape index (κ3) is 4.76. The number of carbonyl (C=O) groups is 1. The van der Waals surface area contributed by atoms with Gasteiger partial charge in [0.05, 0.1) is 22.2 Å². The average Bonchev–Trinajstić information content (AvgIpc) is 2.45. The minimum Gasteiger partial charge on any atom is -0.395 e. The summed E-state index contributed by atoms with van der Waals surface area (Å²) in [6.45, 7) is 0.0174. The van der Waals surface area contributed by atoms with Crippen LogP contribution in [0.1, 0.15) is 0 Å². The molecule has 1 amide bonds. The van der Waals surface area contributed by atoms with E-state index in [9.17, 15) is 14.9 Å². The maximum Gasteiger partial charge on any atom is 0.271 e. The fourth-order valence-corrected chi connectivity index (χ4v) is 1.46. The molecule has 1 rings (SSSR count). The van der Waals surface area contributed by atoms with E-state index >= 15 is 0 Å². The minimum absolute atomic E-state index is 0.0270. The zero-order valence-electron chi connectivity index (χ0n) is 10.7. The van der Waals surface area contributed by atoms with Crippen LogP contribution in [0, 0.1) is 21.4 Å². The molecule has 0 spiro atoms. The van der Waals surface area contributed by atoms with Crippen molar-refractivity contribution in [2.45, 2.75) is 0 Å². The topological polar surface area (TPSA) is 128 Å². The van der Waals surface area contributed by atoms with Gasteiger partial charge in [-0.25, -0.2) is 0 Å². The first kappa shape index (κ1) is 16.4. The summed E-state index contributed by atoms with van der Waals surface area (Å²) in [5, 5.41) is 33.1. The standard InChI is InChI=1S/C12H11ClN4O4/c13-10-2-1-9(17(20)21)5-11(10)16-12(19)8(6-14)7-15-3-4-18/h1-2,5,7,15,18H,3-4H2,(H,16,19)/b8-7-. The lowest BCUT2D eigenvalue weighted by Crippen LogP contribution is -2.18. The highest BCUT2D eigenvalue weighted by Crippen LogP contribution is 2.26. The zero-order valence-corrected chi connectivity index (χ0v) is 11.4. The number of halogens is 1. The van der Waals surface area contributed by atoms with Crippen molar-refractivity contribution in [3.63, 3.8) is 0 Å². The molecule has 0 aliphatic carbocycles. The number of rotatable bonds is 6. The van der Waals surface area contributed by atoms with E-state index in [1.165, 1.54) is 12.1 Å². The molecule has 0 aromatic heterocycles. The van der Waals surface area contributed by atoms with Crippen molar-refractivity contribution in [1.82, 2.24) is 5.32 Å². The molecule has 0 saturated heterocycles. The smallest absolute Gasteiger partial charge is 0.271 e. The van der Waals surface area contributed by atoms with Gasteiger partial charge in [0, 0.05) is 24.9 Å². The van der Waals surface area contributed by atoms with Gasteiger partial charge in [0.25, 0.3) is 11.6 Å². The number of hydrogen-bond acceptors (Lipinski definition) is 6. The number of hydrogen-bond donors (Lipinski definition) is 3. The number of nitro groups is 1. The van der Waals surface area contributed by atoms with Crippen molar-refractivity contribution in [2.75, 3.05) is 18.5 Å². The summed E-state index contributed by atoms with van der Waals surface area (Å²) in [6.07, 6.45) is 1.14. The van der Waals surface area contributed by atoms with Crippen LogP contribution >= 0.6 is 11.6 Å². The third-order valence-electron chi connectivity index (χ3n) is 2.28. The summed E-state index contributed by atoms with van der Waals surface area (Å²) in [5.74, 6) is -0.773. The van der Waals surface area contributed by atoms with E-state index in [0.717, 1.165) is 12.3 Å². The Hall–Kier alpha value is -2.63. The fourth-order valence-electron chi connectivity index (χ4n) is 1.30. The number of nitrogens with zero attached hydrogens (tertiary/aromatic N) is 2. The normalized spacial score (nSPS) is 10.6. The van der Waals surface area contributed by atoms with Crippen LogP contribution in [0.2, 0.25) is 5.02 Å². The number of nitro benzene ring substituents is 1. The van der Waals surface area contributed by atoms with E-state index in [-0.39, 0.29) is 35.1 Å². The lowest BCUT2D eigenvalue weighted by molar-refractivity contribution is -0.384. The molecule has 21 heavy (non-hydrogen) atoms. The maximum atomic E-state index is 11.8. The van der Waals surface area contributed by atoms with Crippen LogP contribution in [0.3, 0.4) is 0 Å². The highest BCUT2D eigenvalue weighted by atomic mass is 35.5. The first-order valence-electron chi connectivity index (χ1n) is 5.69. The van der Waals surface area contributed by atoms with E-state index < -0.39 is 10.8 Å². The van der Waals surface area contributed by atoms with Crippen molar-refractivity contribution in [1.29, 1.82) is 5.26 Å². The lowest BCUT2D eigenvalue weighted by Gasteiger charge is -2.06. The van der Waals surface area contributed by atoms with Gasteiger partial charge in [-0.15, -0.1) is 0 Å². The van der Waals surface area contributed by atoms with Crippen molar-refractivity contribution in [3.05, 3.63) is 45.1 Å². The Morgan fingerprint density at radius 2 is 2.29 bits per heavy atom. The van der Waals surface area contributed by atoms with Crippen LogP contribution in [-0.2, 0) is 4.79 Å². The summed E-state index contributed by atoms with van der Waals surface area (Å²) in [4.78, 5) is 21.9. The van der Waals surface area contributed by atoms with E-state index in [1.807, 2.05) is 0 Å². The largest absolute Gasteiger partial charge is 0.395 e. The Kier molecular flexibility index (Phi) is 6.13. The minimum atomic E-state index is -0.773. The SMILES string of the molecule is N#C/C(=C/NCCO)C(=O)Nc1cc([N+](=O)[O-])ccc1Cl. The molecule has 0 unspecified atom stereocenters. The van der Waals surface area contributed by atoms with Crippen LogP contribution in [0.25, 0.3) is 0 Å². The molecule has 9 heteroatoms. The number of carbonyl (C=O) groups excluding carboxylic acids is 1. The summed E-state index contributed by atoms with van der Waals surface area (Å²) in [7, 11) is 0. The van der Waals surface area contributed by atoms with Crippen LogP contribution in [0.5, 0.6) is 0 Å². The molecule has 0 atom stereocenters. The Bertz CT molecular complexity index is 624. The van der Waals surface area contributed by atoms with Crippen LogP contribution in [0.15, 0.2) is 30.0 Å². The molecule has 110 valence electrons. The molecule has 0 aliphatic rings. The first-order valence-corrected chi connectivity index (χ1v) is 6.07. The van der Waals surface area contributed by atoms with Gasteiger partial charge < -0.3 is 15.7 Å². The molecule has 0 fully saturated rings. The predicted molar refractivity (Wildman–Crippen MR) is 75.5 cm³/mol.